The summed E-state index contributed by atoms with van der Waals surface area (Å²) in [5.41, 5.74) is 7.19. The number of primary amides is 1. The zero-order valence-electron chi connectivity index (χ0n) is 15.9. The van der Waals surface area contributed by atoms with Gasteiger partial charge in [-0.3, -0.25) is 14.4 Å². The molecular weight excluding hydrogens is 358 g/mol. The second-order valence-electron chi connectivity index (χ2n) is 6.78. The molecule has 3 rings (SSSR count). The summed E-state index contributed by atoms with van der Waals surface area (Å²) in [6.45, 7) is 2.32. The van der Waals surface area contributed by atoms with E-state index in [2.05, 4.69) is 0 Å². The van der Waals surface area contributed by atoms with E-state index in [-0.39, 0.29) is 24.8 Å². The van der Waals surface area contributed by atoms with Gasteiger partial charge in [0.1, 0.15) is 5.75 Å². The third-order valence-corrected chi connectivity index (χ3v) is 4.68. The van der Waals surface area contributed by atoms with E-state index in [0.29, 0.717) is 23.5 Å². The lowest BCUT2D eigenvalue weighted by Crippen LogP contribution is -2.45. The lowest BCUT2D eigenvalue weighted by molar-refractivity contribution is -0.130. The minimum atomic E-state index is -0.584. The van der Waals surface area contributed by atoms with Gasteiger partial charge in [0, 0.05) is 32.1 Å². The number of benzene rings is 2. The fourth-order valence-electron chi connectivity index (χ4n) is 3.17. The summed E-state index contributed by atoms with van der Waals surface area (Å²) in [6, 6.07) is 14.2. The number of amides is 3. The van der Waals surface area contributed by atoms with Crippen LogP contribution in [0.25, 0.3) is 0 Å². The summed E-state index contributed by atoms with van der Waals surface area (Å²) in [7, 11) is 1.69. The number of nitrogens with zero attached hydrogens (tertiary/aromatic N) is 2. The van der Waals surface area contributed by atoms with E-state index in [1.165, 1.54) is 0 Å². The van der Waals surface area contributed by atoms with Gasteiger partial charge in [0.2, 0.25) is 11.8 Å². The van der Waals surface area contributed by atoms with E-state index in [1.807, 2.05) is 30.3 Å². The van der Waals surface area contributed by atoms with Crippen molar-refractivity contribution in [1.82, 2.24) is 4.90 Å². The Morgan fingerprint density at radius 2 is 1.93 bits per heavy atom. The zero-order chi connectivity index (χ0) is 20.3. The summed E-state index contributed by atoms with van der Waals surface area (Å²) in [4.78, 5) is 39.5. The summed E-state index contributed by atoms with van der Waals surface area (Å²) in [5.74, 6) is -0.134. The number of ether oxygens (including phenoxy) is 1. The molecule has 7 nitrogen and oxygen atoms in total. The van der Waals surface area contributed by atoms with E-state index >= 15 is 0 Å². The number of rotatable bonds is 6. The number of carbonyl (C=O) groups is 3. The van der Waals surface area contributed by atoms with Gasteiger partial charge in [0.25, 0.3) is 5.91 Å². The quantitative estimate of drug-likeness (QED) is 0.828. The molecule has 1 atom stereocenters. The average Bonchev–Trinajstić information content (AvgIpc) is 2.68. The molecule has 0 saturated heterocycles. The van der Waals surface area contributed by atoms with Crippen molar-refractivity contribution in [3.05, 3.63) is 59.7 Å². The summed E-state index contributed by atoms with van der Waals surface area (Å²) in [5, 5.41) is 0. The predicted molar refractivity (Wildman–Crippen MR) is 105 cm³/mol. The molecule has 0 saturated carbocycles. The van der Waals surface area contributed by atoms with Gasteiger partial charge in [0.15, 0.2) is 6.10 Å². The van der Waals surface area contributed by atoms with Crippen LogP contribution in [0, 0.1) is 0 Å². The molecule has 0 bridgehead atoms. The van der Waals surface area contributed by atoms with E-state index in [4.69, 9.17) is 10.5 Å². The molecule has 0 aliphatic carbocycles. The standard InChI is InChI=1S/C21H23N3O4/c1-14-21(27)24(17-8-3-4-9-18(17)28-14)11-10-19(25)23(2)13-15-6-5-7-16(12-15)20(22)26/h3-9,12,14H,10-11,13H2,1-2H3,(H2,22,26). The molecule has 2 aromatic rings. The van der Waals surface area contributed by atoms with Crippen LogP contribution < -0.4 is 15.4 Å². The summed E-state index contributed by atoms with van der Waals surface area (Å²) >= 11 is 0. The Kier molecular flexibility index (Phi) is 5.63. The average molecular weight is 381 g/mol. The Bertz CT molecular complexity index is 912. The molecule has 2 N–H and O–H groups in total. The molecule has 7 heteroatoms. The zero-order valence-corrected chi connectivity index (χ0v) is 15.9. The van der Waals surface area contributed by atoms with Crippen molar-refractivity contribution in [1.29, 1.82) is 0 Å². The minimum absolute atomic E-state index is 0.103. The molecule has 3 amide bonds. The fraction of sp³-hybridized carbons (Fsp3) is 0.286. The predicted octanol–water partition coefficient (Wildman–Crippen LogP) is 1.95. The monoisotopic (exact) mass is 381 g/mol. The van der Waals surface area contributed by atoms with Crippen molar-refractivity contribution < 1.29 is 19.1 Å². The molecule has 1 heterocycles. The first-order valence-electron chi connectivity index (χ1n) is 9.06. The summed E-state index contributed by atoms with van der Waals surface area (Å²) in [6.07, 6.45) is -0.405. The Hall–Kier alpha value is -3.35. The molecule has 0 spiro atoms. The Morgan fingerprint density at radius 3 is 2.68 bits per heavy atom. The largest absolute Gasteiger partial charge is 0.479 e. The van der Waals surface area contributed by atoms with Gasteiger partial charge in [-0.05, 0) is 36.8 Å². The maximum absolute atomic E-state index is 12.6. The SMILES string of the molecule is CC1Oc2ccccc2N(CCC(=O)N(C)Cc2cccc(C(N)=O)c2)C1=O. The molecule has 1 unspecified atom stereocenters. The molecule has 146 valence electrons. The number of para-hydroxylation sites is 2. The molecule has 0 radical (unpaired) electrons. The van der Waals surface area contributed by atoms with E-state index < -0.39 is 12.0 Å². The first-order chi connectivity index (χ1) is 13.4. The van der Waals surface area contributed by atoms with Gasteiger partial charge in [0.05, 0.1) is 5.69 Å². The smallest absolute Gasteiger partial charge is 0.267 e. The molecule has 2 aromatic carbocycles. The van der Waals surface area contributed by atoms with E-state index in [1.54, 1.807) is 42.0 Å². The first kappa shape index (κ1) is 19.4. The van der Waals surface area contributed by atoms with Crippen molar-refractivity contribution in [2.75, 3.05) is 18.5 Å². The van der Waals surface area contributed by atoms with Gasteiger partial charge >= 0.3 is 0 Å². The lowest BCUT2D eigenvalue weighted by atomic mass is 10.1. The number of carbonyl (C=O) groups excluding carboxylic acids is 3. The number of anilines is 1. The van der Waals surface area contributed by atoms with Crippen LogP contribution in [0.5, 0.6) is 5.75 Å². The third-order valence-electron chi connectivity index (χ3n) is 4.68. The second kappa shape index (κ2) is 8.12. The molecular formula is C21H23N3O4. The topological polar surface area (TPSA) is 92.9 Å². The van der Waals surface area contributed by atoms with Crippen LogP contribution in [0.3, 0.4) is 0 Å². The highest BCUT2D eigenvalue weighted by atomic mass is 16.5. The van der Waals surface area contributed by atoms with Crippen LogP contribution >= 0.6 is 0 Å². The number of hydrogen-bond donors (Lipinski definition) is 1. The van der Waals surface area contributed by atoms with Crippen LogP contribution in [0.4, 0.5) is 5.69 Å². The van der Waals surface area contributed by atoms with Gasteiger partial charge in [-0.1, -0.05) is 24.3 Å². The minimum Gasteiger partial charge on any atom is -0.479 e. The third kappa shape index (κ3) is 4.14. The second-order valence-corrected chi connectivity index (χ2v) is 6.78. The van der Waals surface area contributed by atoms with Crippen LogP contribution in [-0.4, -0.2) is 42.3 Å². The molecule has 0 aromatic heterocycles. The van der Waals surface area contributed by atoms with Crippen molar-refractivity contribution >= 4 is 23.4 Å². The van der Waals surface area contributed by atoms with Crippen molar-refractivity contribution in [2.45, 2.75) is 26.0 Å². The fourth-order valence-corrected chi connectivity index (χ4v) is 3.17. The van der Waals surface area contributed by atoms with E-state index in [0.717, 1.165) is 5.56 Å². The first-order valence-corrected chi connectivity index (χ1v) is 9.06. The van der Waals surface area contributed by atoms with Crippen molar-refractivity contribution in [2.24, 2.45) is 5.73 Å². The van der Waals surface area contributed by atoms with Crippen molar-refractivity contribution in [3.8, 4) is 5.75 Å². The Balaban J connectivity index is 1.64. The van der Waals surface area contributed by atoms with Gasteiger partial charge in [-0.15, -0.1) is 0 Å². The lowest BCUT2D eigenvalue weighted by Gasteiger charge is -2.33. The number of hydrogen-bond acceptors (Lipinski definition) is 4. The highest BCUT2D eigenvalue weighted by Crippen LogP contribution is 2.33. The highest BCUT2D eigenvalue weighted by molar-refractivity contribution is 6.00. The maximum Gasteiger partial charge on any atom is 0.267 e. The molecule has 1 aliphatic rings. The van der Waals surface area contributed by atoms with Gasteiger partial charge < -0.3 is 20.3 Å². The van der Waals surface area contributed by atoms with E-state index in [9.17, 15) is 14.4 Å². The maximum atomic E-state index is 12.6. The summed E-state index contributed by atoms with van der Waals surface area (Å²) < 4.78 is 5.61. The Morgan fingerprint density at radius 1 is 1.18 bits per heavy atom. The van der Waals surface area contributed by atoms with Crippen LogP contribution in [0.2, 0.25) is 0 Å². The molecule has 1 aliphatic heterocycles. The number of fused-ring (bicyclic) bond motifs is 1. The highest BCUT2D eigenvalue weighted by Gasteiger charge is 2.31. The van der Waals surface area contributed by atoms with Gasteiger partial charge in [-0.2, -0.15) is 0 Å². The Labute approximate surface area is 163 Å². The molecule has 0 fully saturated rings. The molecule has 28 heavy (non-hydrogen) atoms. The normalized spacial score (nSPS) is 15.6. The van der Waals surface area contributed by atoms with Crippen LogP contribution in [-0.2, 0) is 16.1 Å². The van der Waals surface area contributed by atoms with Crippen LogP contribution in [0.15, 0.2) is 48.5 Å². The van der Waals surface area contributed by atoms with Crippen LogP contribution in [0.1, 0.15) is 29.3 Å². The number of nitrogens with two attached hydrogens (primary N) is 1. The van der Waals surface area contributed by atoms with Crippen molar-refractivity contribution in [3.63, 3.8) is 0 Å². The van der Waals surface area contributed by atoms with Gasteiger partial charge in [-0.25, -0.2) is 0 Å².